The lowest BCUT2D eigenvalue weighted by molar-refractivity contribution is -0.113. The van der Waals surface area contributed by atoms with E-state index >= 15 is 0 Å². The van der Waals surface area contributed by atoms with E-state index in [0.717, 1.165) is 16.5 Å². The average molecular weight is 606 g/mol. The van der Waals surface area contributed by atoms with Gasteiger partial charge < -0.3 is 9.47 Å². The molecule has 0 saturated carbocycles. The molecule has 1 saturated heterocycles. The van der Waals surface area contributed by atoms with Gasteiger partial charge in [0.2, 0.25) is 0 Å². The van der Waals surface area contributed by atoms with Crippen LogP contribution in [0, 0.1) is 0 Å². The summed E-state index contributed by atoms with van der Waals surface area (Å²) in [4.78, 5) is 20.4. The number of hydrogen-bond acceptors (Lipinski definition) is 5. The molecule has 3 aromatic carbocycles. The van der Waals surface area contributed by atoms with Gasteiger partial charge in [0.15, 0.2) is 16.7 Å². The highest BCUT2D eigenvalue weighted by molar-refractivity contribution is 9.10. The first-order valence-electron chi connectivity index (χ1n) is 11.3. The van der Waals surface area contributed by atoms with Gasteiger partial charge >= 0.3 is 0 Å². The SMILES string of the molecule is CCCOc1c(Br)cc(/C=C2\SC(=Nc3ccc(Cl)cc3)N(c3ccc(Cl)cc3)C2=O)cc1OCC. The van der Waals surface area contributed by atoms with Gasteiger partial charge in [0, 0.05) is 10.0 Å². The molecule has 0 N–H and O–H groups in total. The Bertz CT molecular complexity index is 1310. The van der Waals surface area contributed by atoms with Gasteiger partial charge in [-0.25, -0.2) is 4.99 Å². The summed E-state index contributed by atoms with van der Waals surface area (Å²) < 4.78 is 12.5. The number of nitrogens with zero attached hydrogens (tertiary/aromatic N) is 2. The van der Waals surface area contributed by atoms with Gasteiger partial charge in [-0.2, -0.15) is 0 Å². The van der Waals surface area contributed by atoms with E-state index in [-0.39, 0.29) is 5.91 Å². The van der Waals surface area contributed by atoms with Crippen molar-refractivity contribution in [3.8, 4) is 11.5 Å². The lowest BCUT2D eigenvalue weighted by Gasteiger charge is -2.16. The standard InChI is InChI=1S/C27H23BrCl2N2O3S/c1-3-13-35-25-22(28)14-17(15-23(25)34-4-2)16-24-26(33)32(21-11-7-19(30)8-12-21)27(36-24)31-20-9-5-18(29)6-10-20/h5-12,14-16H,3-4,13H2,1-2H3/b24-16-,31-27?. The van der Waals surface area contributed by atoms with Gasteiger partial charge in [-0.1, -0.05) is 30.1 Å². The molecular formula is C27H23BrCl2N2O3S. The van der Waals surface area contributed by atoms with Crippen LogP contribution < -0.4 is 14.4 Å². The number of hydrogen-bond donors (Lipinski definition) is 0. The third-order valence-corrected chi connectivity index (χ3v) is 7.08. The third kappa shape index (κ3) is 6.27. The van der Waals surface area contributed by atoms with E-state index < -0.39 is 0 Å². The van der Waals surface area contributed by atoms with Gasteiger partial charge in [-0.15, -0.1) is 0 Å². The molecule has 1 aliphatic rings. The van der Waals surface area contributed by atoms with Crippen LogP contribution in [0.4, 0.5) is 11.4 Å². The zero-order valence-corrected chi connectivity index (χ0v) is 23.5. The topological polar surface area (TPSA) is 51.1 Å². The highest BCUT2D eigenvalue weighted by Gasteiger charge is 2.35. The molecule has 36 heavy (non-hydrogen) atoms. The molecule has 0 atom stereocenters. The molecule has 0 radical (unpaired) electrons. The molecular weight excluding hydrogens is 583 g/mol. The fraction of sp³-hybridized carbons (Fsp3) is 0.185. The van der Waals surface area contributed by atoms with Crippen LogP contribution in [-0.2, 0) is 4.79 Å². The number of aliphatic imine (C=N–C) groups is 1. The number of amides is 1. The van der Waals surface area contributed by atoms with Crippen molar-refractivity contribution in [2.75, 3.05) is 18.1 Å². The maximum atomic E-state index is 13.6. The first kappa shape index (κ1) is 26.6. The summed E-state index contributed by atoms with van der Waals surface area (Å²) in [5.41, 5.74) is 2.16. The van der Waals surface area contributed by atoms with E-state index in [1.807, 2.05) is 44.2 Å². The van der Waals surface area contributed by atoms with E-state index in [1.165, 1.54) is 11.8 Å². The maximum absolute atomic E-state index is 13.6. The fourth-order valence-electron chi connectivity index (χ4n) is 3.42. The summed E-state index contributed by atoms with van der Waals surface area (Å²) in [5.74, 6) is 1.08. The molecule has 0 unspecified atom stereocenters. The molecule has 0 aliphatic carbocycles. The van der Waals surface area contributed by atoms with Crippen molar-refractivity contribution in [2.24, 2.45) is 4.99 Å². The van der Waals surface area contributed by atoms with Crippen LogP contribution in [0.15, 0.2) is 75.0 Å². The van der Waals surface area contributed by atoms with Crippen molar-refractivity contribution in [3.63, 3.8) is 0 Å². The molecule has 3 aromatic rings. The minimum absolute atomic E-state index is 0.185. The zero-order valence-electron chi connectivity index (χ0n) is 19.6. The molecule has 0 spiro atoms. The summed E-state index contributed by atoms with van der Waals surface area (Å²) in [6.45, 7) is 5.03. The van der Waals surface area contributed by atoms with Crippen molar-refractivity contribution >= 4 is 79.4 Å². The van der Waals surface area contributed by atoms with Gasteiger partial charge in [-0.3, -0.25) is 9.69 Å². The van der Waals surface area contributed by atoms with Crippen molar-refractivity contribution in [3.05, 3.63) is 85.7 Å². The maximum Gasteiger partial charge on any atom is 0.271 e. The minimum atomic E-state index is -0.185. The van der Waals surface area contributed by atoms with Gasteiger partial charge in [0.05, 0.1) is 34.0 Å². The lowest BCUT2D eigenvalue weighted by Crippen LogP contribution is -2.28. The third-order valence-electron chi connectivity index (χ3n) is 5.02. The van der Waals surface area contributed by atoms with E-state index in [2.05, 4.69) is 15.9 Å². The van der Waals surface area contributed by atoms with Crippen LogP contribution in [0.5, 0.6) is 11.5 Å². The normalized spacial score (nSPS) is 15.7. The zero-order chi connectivity index (χ0) is 25.7. The van der Waals surface area contributed by atoms with Gasteiger partial charge in [-0.05, 0) is 113 Å². The molecule has 9 heteroatoms. The Hall–Kier alpha value is -2.45. The molecule has 1 amide bonds. The Morgan fingerprint density at radius 1 is 1.00 bits per heavy atom. The summed E-state index contributed by atoms with van der Waals surface area (Å²) in [5, 5.41) is 1.73. The van der Waals surface area contributed by atoms with Crippen molar-refractivity contribution < 1.29 is 14.3 Å². The van der Waals surface area contributed by atoms with Crippen LogP contribution in [0.3, 0.4) is 0 Å². The molecule has 1 aliphatic heterocycles. The van der Waals surface area contributed by atoms with Crippen LogP contribution in [0.25, 0.3) is 6.08 Å². The second kappa shape index (κ2) is 12.2. The van der Waals surface area contributed by atoms with Crippen molar-refractivity contribution in [1.29, 1.82) is 0 Å². The van der Waals surface area contributed by atoms with Crippen LogP contribution >= 0.6 is 50.9 Å². The number of benzene rings is 3. The van der Waals surface area contributed by atoms with E-state index in [0.29, 0.717) is 56.2 Å². The molecule has 1 heterocycles. The summed E-state index contributed by atoms with van der Waals surface area (Å²) in [6, 6.07) is 18.0. The quantitative estimate of drug-likeness (QED) is 0.241. The molecule has 0 aromatic heterocycles. The lowest BCUT2D eigenvalue weighted by atomic mass is 10.1. The number of amidine groups is 1. The van der Waals surface area contributed by atoms with Gasteiger partial charge in [0.1, 0.15) is 0 Å². The Labute approximate surface area is 233 Å². The predicted octanol–water partition coefficient (Wildman–Crippen LogP) is 8.75. The average Bonchev–Trinajstić information content (AvgIpc) is 3.15. The van der Waals surface area contributed by atoms with Crippen LogP contribution in [0.2, 0.25) is 10.0 Å². The Morgan fingerprint density at radius 2 is 1.67 bits per heavy atom. The number of halogens is 3. The van der Waals surface area contributed by atoms with Crippen molar-refractivity contribution in [1.82, 2.24) is 0 Å². The van der Waals surface area contributed by atoms with Crippen molar-refractivity contribution in [2.45, 2.75) is 20.3 Å². The monoisotopic (exact) mass is 604 g/mol. The molecule has 0 bridgehead atoms. The molecule has 5 nitrogen and oxygen atoms in total. The summed E-state index contributed by atoms with van der Waals surface area (Å²) in [6.07, 6.45) is 2.71. The smallest absolute Gasteiger partial charge is 0.271 e. The number of thioether (sulfide) groups is 1. The predicted molar refractivity (Wildman–Crippen MR) is 154 cm³/mol. The Balaban J connectivity index is 1.75. The van der Waals surface area contributed by atoms with Gasteiger partial charge in [0.25, 0.3) is 5.91 Å². The largest absolute Gasteiger partial charge is 0.490 e. The summed E-state index contributed by atoms with van der Waals surface area (Å²) >= 11 is 17.0. The van der Waals surface area contributed by atoms with Crippen LogP contribution in [-0.4, -0.2) is 24.3 Å². The first-order chi connectivity index (χ1) is 17.4. The second-order valence-corrected chi connectivity index (χ2v) is 10.4. The van der Waals surface area contributed by atoms with E-state index in [4.69, 9.17) is 37.7 Å². The number of anilines is 1. The Morgan fingerprint density at radius 3 is 2.31 bits per heavy atom. The van der Waals surface area contributed by atoms with E-state index in [1.54, 1.807) is 41.3 Å². The highest BCUT2D eigenvalue weighted by atomic mass is 79.9. The minimum Gasteiger partial charge on any atom is -0.490 e. The van der Waals surface area contributed by atoms with E-state index in [9.17, 15) is 4.79 Å². The Kier molecular flexibility index (Phi) is 9.01. The highest BCUT2D eigenvalue weighted by Crippen LogP contribution is 2.41. The first-order valence-corrected chi connectivity index (χ1v) is 13.7. The van der Waals surface area contributed by atoms with Crippen LogP contribution in [0.1, 0.15) is 25.8 Å². The number of ether oxygens (including phenoxy) is 2. The number of rotatable bonds is 8. The second-order valence-electron chi connectivity index (χ2n) is 7.71. The molecule has 4 rings (SSSR count). The fourth-order valence-corrected chi connectivity index (χ4v) is 5.25. The number of carbonyl (C=O) groups is 1. The summed E-state index contributed by atoms with van der Waals surface area (Å²) in [7, 11) is 0. The molecule has 186 valence electrons. The number of carbonyl (C=O) groups excluding carboxylic acids is 1. The molecule has 1 fully saturated rings.